The van der Waals surface area contributed by atoms with Gasteiger partial charge in [0.1, 0.15) is 11.6 Å². The third kappa shape index (κ3) is 9.76. The van der Waals surface area contributed by atoms with Gasteiger partial charge in [-0.3, -0.25) is 19.2 Å². The van der Waals surface area contributed by atoms with Crippen LogP contribution in [0.1, 0.15) is 49.9 Å². The van der Waals surface area contributed by atoms with E-state index in [0.717, 1.165) is 39.6 Å². The normalized spacial score (nSPS) is 15.2. The van der Waals surface area contributed by atoms with Gasteiger partial charge in [-0.15, -0.1) is 0 Å². The average Bonchev–Trinajstić information content (AvgIpc) is 4.04. The van der Waals surface area contributed by atoms with E-state index in [1.54, 1.807) is 58.5 Å². The lowest BCUT2D eigenvalue weighted by Gasteiger charge is -2.32. The number of carbonyl (C=O) groups is 2. The van der Waals surface area contributed by atoms with Gasteiger partial charge in [-0.05, 0) is 121 Å². The highest BCUT2D eigenvalue weighted by Gasteiger charge is 2.52. The van der Waals surface area contributed by atoms with Gasteiger partial charge in [0, 0.05) is 74.1 Å². The second-order valence-corrected chi connectivity index (χ2v) is 19.4. The van der Waals surface area contributed by atoms with Gasteiger partial charge in [0.2, 0.25) is 11.8 Å². The van der Waals surface area contributed by atoms with Crippen LogP contribution in [0.3, 0.4) is 0 Å². The minimum atomic E-state index is -0.750. The van der Waals surface area contributed by atoms with Gasteiger partial charge in [-0.1, -0.05) is 97.1 Å². The van der Waals surface area contributed by atoms with Crippen LogP contribution in [0.5, 0.6) is 0 Å². The summed E-state index contributed by atoms with van der Waals surface area (Å²) in [7, 11) is -0.750. The van der Waals surface area contributed by atoms with Gasteiger partial charge in [-0.25, -0.2) is 8.78 Å². The molecule has 1 saturated heterocycles. The van der Waals surface area contributed by atoms with Crippen molar-refractivity contribution in [2.75, 3.05) is 22.9 Å². The molecular weight excluding hydrogens is 953 g/mol. The molecule has 0 radical (unpaired) electrons. The average molecular weight is 1000 g/mol. The van der Waals surface area contributed by atoms with Gasteiger partial charge in [0.25, 0.3) is 11.1 Å². The molecule has 3 aliphatic heterocycles. The fourth-order valence-electron chi connectivity index (χ4n) is 9.07. The van der Waals surface area contributed by atoms with Crippen LogP contribution in [0, 0.1) is 11.6 Å². The molecule has 1 fully saturated rings. The Balaban J connectivity index is 0.000000141. The molecule has 0 saturated carbocycles. The maximum absolute atomic E-state index is 15.0. The third-order valence-electron chi connectivity index (χ3n) is 13.6. The molecule has 0 spiro atoms. The number of hydrogen-bond donors (Lipinski definition) is 2. The predicted octanol–water partition coefficient (Wildman–Crippen LogP) is 10.0. The second kappa shape index (κ2) is 19.8. The van der Waals surface area contributed by atoms with Crippen molar-refractivity contribution in [2.24, 2.45) is 0 Å². The molecule has 8 aromatic rings. The number of benzene rings is 6. The zero-order valence-electron chi connectivity index (χ0n) is 39.2. The van der Waals surface area contributed by atoms with Crippen LogP contribution in [-0.4, -0.2) is 53.2 Å². The van der Waals surface area contributed by atoms with Crippen molar-refractivity contribution in [1.29, 1.82) is 0 Å². The molecule has 14 heteroatoms. The van der Waals surface area contributed by atoms with Crippen molar-refractivity contribution in [1.82, 2.24) is 9.97 Å². The number of rotatable bonds is 6. The topological polar surface area (TPSA) is 125 Å². The number of aromatic nitrogens is 2. The van der Waals surface area contributed by atoms with E-state index in [1.165, 1.54) is 23.9 Å². The van der Waals surface area contributed by atoms with Crippen molar-refractivity contribution >= 4 is 73.2 Å². The number of fused-ring (bicyclic) bond motifs is 4. The van der Waals surface area contributed by atoms with Crippen molar-refractivity contribution in [3.05, 3.63) is 205 Å². The third-order valence-corrected chi connectivity index (χ3v) is 14.2. The highest BCUT2D eigenvalue weighted by Crippen LogP contribution is 2.37. The van der Waals surface area contributed by atoms with E-state index < -0.39 is 30.0 Å². The Morgan fingerprint density at radius 3 is 1.57 bits per heavy atom. The quantitative estimate of drug-likeness (QED) is 0.160. The summed E-state index contributed by atoms with van der Waals surface area (Å²) in [6.45, 7) is 9.07. The fraction of sp³-hybridized carbons (Fsp3) is 0.214. The number of nitrogens with one attached hydrogen (secondary N) is 2. The van der Waals surface area contributed by atoms with Crippen molar-refractivity contribution in [3.8, 4) is 11.1 Å². The predicted molar refractivity (Wildman–Crippen MR) is 277 cm³/mol. The first kappa shape index (κ1) is 48.0. The van der Waals surface area contributed by atoms with E-state index in [1.807, 2.05) is 107 Å². The largest absolute Gasteiger partial charge is 0.497 e. The van der Waals surface area contributed by atoms with Crippen LogP contribution in [0.4, 0.5) is 20.2 Å². The molecule has 0 aliphatic carbocycles. The number of halogens is 3. The highest BCUT2D eigenvalue weighted by molar-refractivity contribution is 9.10. The minimum Gasteiger partial charge on any atom is -0.399 e. The Hall–Kier alpha value is -7.00. The van der Waals surface area contributed by atoms with Gasteiger partial charge in [0.15, 0.2) is 0 Å². The summed E-state index contributed by atoms with van der Waals surface area (Å²) in [6, 6.07) is 40.1. The number of para-hydroxylation sites is 2. The van der Waals surface area contributed by atoms with Crippen molar-refractivity contribution in [2.45, 2.75) is 64.6 Å². The first-order valence-corrected chi connectivity index (χ1v) is 23.9. The van der Waals surface area contributed by atoms with E-state index in [9.17, 15) is 23.6 Å². The summed E-state index contributed by atoms with van der Waals surface area (Å²) in [6.07, 6.45) is 5.19. The standard InChI is InChI=1S/C25H19FN2O2.C22H25BFNO3.C9H6BrNO/c26-22-13-16(14-24(29)28-12-11-17-5-1-4-8-23(17)28)9-10-19(22)21-15-27-25(30)20-7-3-2-6-18(20)21;1-21(2)22(3,4)28-23(27-21)17-10-9-15(13-18(17)24)14-20(26)25-12-11-16-7-5-6-8-19(16)25;10-8-5-11-9(12)7-4-2-1-3-6(7)8/h1-10,13,15H,11-12,14H2,(H,27,30);5-10,13H,11-12,14H2,1-4H3;1-5H,(H,11,12). The molecule has 0 unspecified atom stereocenters. The van der Waals surface area contributed by atoms with Crippen molar-refractivity contribution in [3.63, 3.8) is 0 Å². The number of hydrogen-bond acceptors (Lipinski definition) is 6. The monoisotopic (exact) mass is 1000 g/mol. The minimum absolute atomic E-state index is 0.0206. The van der Waals surface area contributed by atoms with Crippen LogP contribution >= 0.6 is 15.9 Å². The summed E-state index contributed by atoms with van der Waals surface area (Å²) in [5, 5.41) is 2.87. The van der Waals surface area contributed by atoms with Crippen LogP contribution in [0.2, 0.25) is 0 Å². The lowest BCUT2D eigenvalue weighted by Crippen LogP contribution is -2.41. The van der Waals surface area contributed by atoms with E-state index in [4.69, 9.17) is 9.31 Å². The summed E-state index contributed by atoms with van der Waals surface area (Å²) in [5.74, 6) is -0.890. The Morgan fingerprint density at radius 2 is 1.04 bits per heavy atom. The summed E-state index contributed by atoms with van der Waals surface area (Å²) in [5.41, 5.74) is 5.59. The summed E-state index contributed by atoms with van der Waals surface area (Å²) < 4.78 is 42.6. The van der Waals surface area contributed by atoms with E-state index in [0.29, 0.717) is 57.0 Å². The molecule has 10 nitrogen and oxygen atoms in total. The van der Waals surface area contributed by atoms with Crippen LogP contribution in [0.25, 0.3) is 32.7 Å². The number of aromatic amines is 2. The SMILES string of the molecule is CC1(C)OB(c2ccc(CC(=O)N3CCc4ccccc43)cc2F)OC1(C)C.O=C(Cc1ccc(-c2c[nH]c(=O)c3ccccc23)c(F)c1)N1CCc2ccccc21.O=c1[nH]cc(Br)c2ccccc12. The van der Waals surface area contributed by atoms with E-state index in [2.05, 4.69) is 25.9 Å². The van der Waals surface area contributed by atoms with Crippen LogP contribution in [-0.2, 0) is 44.6 Å². The first-order chi connectivity index (χ1) is 33.6. The molecule has 0 bridgehead atoms. The van der Waals surface area contributed by atoms with E-state index >= 15 is 4.39 Å². The number of pyridine rings is 2. The molecule has 354 valence electrons. The Kier molecular flexibility index (Phi) is 13.6. The molecule has 70 heavy (non-hydrogen) atoms. The van der Waals surface area contributed by atoms with Gasteiger partial charge in [-0.2, -0.15) is 0 Å². The van der Waals surface area contributed by atoms with Crippen LogP contribution in [0.15, 0.2) is 160 Å². The number of H-pyrrole nitrogens is 2. The fourth-order valence-corrected chi connectivity index (χ4v) is 9.53. The number of carbonyl (C=O) groups excluding carboxylic acids is 2. The molecule has 0 atom stereocenters. The summed E-state index contributed by atoms with van der Waals surface area (Å²) >= 11 is 3.36. The van der Waals surface area contributed by atoms with E-state index in [-0.39, 0.29) is 35.8 Å². The second-order valence-electron chi connectivity index (χ2n) is 18.5. The molecule has 6 aromatic carbocycles. The molecule has 2 N–H and O–H groups in total. The number of anilines is 2. The molecule has 3 aliphatic rings. The first-order valence-electron chi connectivity index (χ1n) is 23.1. The van der Waals surface area contributed by atoms with Crippen molar-refractivity contribution < 1.29 is 27.7 Å². The molecular formula is C56H50BBrF2N4O6. The van der Waals surface area contributed by atoms with Gasteiger partial charge < -0.3 is 29.1 Å². The number of amides is 2. The van der Waals surface area contributed by atoms with Gasteiger partial charge in [0.05, 0.1) is 24.0 Å². The zero-order valence-corrected chi connectivity index (χ0v) is 40.7. The maximum atomic E-state index is 15.0. The number of nitrogens with zero attached hydrogens (tertiary/aromatic N) is 2. The van der Waals surface area contributed by atoms with Gasteiger partial charge >= 0.3 is 7.12 Å². The molecule has 2 amide bonds. The lowest BCUT2D eigenvalue weighted by atomic mass is 9.78. The van der Waals surface area contributed by atoms with Crippen LogP contribution < -0.4 is 26.4 Å². The smallest absolute Gasteiger partial charge is 0.399 e. The molecule has 2 aromatic heterocycles. The highest BCUT2D eigenvalue weighted by atomic mass is 79.9. The lowest BCUT2D eigenvalue weighted by molar-refractivity contribution is -0.118. The Bertz CT molecular complexity index is 3410. The maximum Gasteiger partial charge on any atom is 0.497 e. The Morgan fingerprint density at radius 1 is 0.586 bits per heavy atom. The molecule has 5 heterocycles. The molecule has 11 rings (SSSR count). The summed E-state index contributed by atoms with van der Waals surface area (Å²) in [4.78, 5) is 57.8. The Labute approximate surface area is 412 Å². The zero-order chi connectivity index (χ0) is 49.3.